The molecule has 0 aromatic carbocycles. The lowest BCUT2D eigenvalue weighted by molar-refractivity contribution is 0.283. The third kappa shape index (κ3) is 1.50. The van der Waals surface area contributed by atoms with E-state index in [1.54, 1.807) is 0 Å². The summed E-state index contributed by atoms with van der Waals surface area (Å²) in [7, 11) is 0. The second-order valence-electron chi connectivity index (χ2n) is 3.19. The first-order chi connectivity index (χ1) is 4.88. The van der Waals surface area contributed by atoms with Crippen molar-refractivity contribution < 1.29 is 0 Å². The molecule has 1 nitrogen and oxygen atoms in total. The maximum Gasteiger partial charge on any atom is 0.0658 e. The molecule has 1 aliphatic rings. The lowest BCUT2D eigenvalue weighted by Crippen LogP contribution is -2.16. The summed E-state index contributed by atoms with van der Waals surface area (Å²) in [4.78, 5) is 0. The summed E-state index contributed by atoms with van der Waals surface area (Å²) in [6, 6.07) is 2.40. The van der Waals surface area contributed by atoms with Crippen LogP contribution in [-0.4, -0.2) is 0 Å². The zero-order valence-electron chi connectivity index (χ0n) is 6.64. The fraction of sp³-hybridized carbons (Fsp3) is 0.889. The first-order valence-corrected chi connectivity index (χ1v) is 4.28. The summed E-state index contributed by atoms with van der Waals surface area (Å²) in [5.41, 5.74) is 0. The van der Waals surface area contributed by atoms with Crippen molar-refractivity contribution in [3.05, 3.63) is 0 Å². The van der Waals surface area contributed by atoms with Gasteiger partial charge in [0, 0.05) is 5.92 Å². The average molecular weight is 137 g/mol. The Hall–Kier alpha value is -0.510. The van der Waals surface area contributed by atoms with E-state index in [4.69, 9.17) is 5.26 Å². The van der Waals surface area contributed by atoms with E-state index >= 15 is 0 Å². The Kier molecular flexibility index (Phi) is 2.74. The first kappa shape index (κ1) is 7.60. The molecule has 0 saturated heterocycles. The van der Waals surface area contributed by atoms with Gasteiger partial charge >= 0.3 is 0 Å². The third-order valence-electron chi connectivity index (χ3n) is 2.60. The van der Waals surface area contributed by atoms with E-state index in [1.807, 2.05) is 0 Å². The Morgan fingerprint density at radius 3 is 2.60 bits per heavy atom. The van der Waals surface area contributed by atoms with Crippen molar-refractivity contribution in [2.75, 3.05) is 0 Å². The Bertz CT molecular complexity index is 134. The Morgan fingerprint density at radius 1 is 1.40 bits per heavy atom. The van der Waals surface area contributed by atoms with E-state index in [0.29, 0.717) is 11.8 Å². The summed E-state index contributed by atoms with van der Waals surface area (Å²) in [6.45, 7) is 2.19. The fourth-order valence-corrected chi connectivity index (χ4v) is 1.87. The normalized spacial score (nSPS) is 33.2. The van der Waals surface area contributed by atoms with Crippen LogP contribution in [0.25, 0.3) is 0 Å². The minimum atomic E-state index is 0.374. The number of nitrogens with zero attached hydrogens (tertiary/aromatic N) is 1. The smallest absolute Gasteiger partial charge is 0.0658 e. The number of hydrogen-bond acceptors (Lipinski definition) is 1. The molecule has 0 amide bonds. The van der Waals surface area contributed by atoms with Crippen LogP contribution in [0.4, 0.5) is 0 Å². The molecule has 0 radical (unpaired) electrons. The van der Waals surface area contributed by atoms with Crippen molar-refractivity contribution in [1.29, 1.82) is 5.26 Å². The molecule has 2 atom stereocenters. The first-order valence-electron chi connectivity index (χ1n) is 4.28. The summed E-state index contributed by atoms with van der Waals surface area (Å²) < 4.78 is 0. The van der Waals surface area contributed by atoms with Gasteiger partial charge in [0.2, 0.25) is 0 Å². The second-order valence-corrected chi connectivity index (χ2v) is 3.19. The van der Waals surface area contributed by atoms with Crippen LogP contribution < -0.4 is 0 Å². The van der Waals surface area contributed by atoms with Gasteiger partial charge in [-0.05, 0) is 18.8 Å². The monoisotopic (exact) mass is 137 g/mol. The number of rotatable bonds is 1. The molecule has 56 valence electrons. The number of hydrogen-bond donors (Lipinski definition) is 0. The molecular formula is C9H15N. The van der Waals surface area contributed by atoms with E-state index in [2.05, 4.69) is 13.0 Å². The summed E-state index contributed by atoms with van der Waals surface area (Å²) in [5.74, 6) is 1.08. The SMILES string of the molecule is CC[C@H]1CCCC[C@@H]1C#N. The maximum absolute atomic E-state index is 8.74. The predicted octanol–water partition coefficient (Wildman–Crippen LogP) is 2.73. The highest BCUT2D eigenvalue weighted by Crippen LogP contribution is 2.31. The molecule has 1 aliphatic carbocycles. The van der Waals surface area contributed by atoms with Crippen molar-refractivity contribution in [3.8, 4) is 6.07 Å². The van der Waals surface area contributed by atoms with Gasteiger partial charge < -0.3 is 0 Å². The van der Waals surface area contributed by atoms with E-state index in [9.17, 15) is 0 Å². The van der Waals surface area contributed by atoms with Gasteiger partial charge in [0.1, 0.15) is 0 Å². The molecule has 1 heteroatoms. The maximum atomic E-state index is 8.74. The predicted molar refractivity (Wildman–Crippen MR) is 41.4 cm³/mol. The summed E-state index contributed by atoms with van der Waals surface area (Å²) in [6.07, 6.45) is 6.24. The van der Waals surface area contributed by atoms with Gasteiger partial charge in [-0.1, -0.05) is 26.2 Å². The van der Waals surface area contributed by atoms with Crippen molar-refractivity contribution >= 4 is 0 Å². The molecule has 0 unspecified atom stereocenters. The van der Waals surface area contributed by atoms with Crippen LogP contribution in [0.3, 0.4) is 0 Å². The van der Waals surface area contributed by atoms with Crippen molar-refractivity contribution in [2.24, 2.45) is 11.8 Å². The lowest BCUT2D eigenvalue weighted by Gasteiger charge is -2.24. The Labute approximate surface area is 63.0 Å². The van der Waals surface area contributed by atoms with Crippen LogP contribution in [0.1, 0.15) is 39.0 Å². The molecule has 0 N–H and O–H groups in total. The minimum Gasteiger partial charge on any atom is -0.198 e. The third-order valence-corrected chi connectivity index (χ3v) is 2.60. The van der Waals surface area contributed by atoms with Gasteiger partial charge in [-0.3, -0.25) is 0 Å². The summed E-state index contributed by atoms with van der Waals surface area (Å²) in [5, 5.41) is 8.74. The molecule has 1 saturated carbocycles. The van der Waals surface area contributed by atoms with E-state index in [1.165, 1.54) is 25.7 Å². The zero-order valence-corrected chi connectivity index (χ0v) is 6.64. The average Bonchev–Trinajstić information content (AvgIpc) is 2.04. The van der Waals surface area contributed by atoms with E-state index in [-0.39, 0.29) is 0 Å². The standard InChI is InChI=1S/C9H15N/c1-2-8-5-3-4-6-9(8)7-10/h8-9H,2-6H2,1H3/t8-,9+/m0/s1. The molecule has 0 aromatic rings. The van der Waals surface area contributed by atoms with Gasteiger partial charge in [0.05, 0.1) is 6.07 Å². The topological polar surface area (TPSA) is 23.8 Å². The molecular weight excluding hydrogens is 122 g/mol. The van der Waals surface area contributed by atoms with Gasteiger partial charge in [-0.25, -0.2) is 0 Å². The molecule has 0 heterocycles. The van der Waals surface area contributed by atoms with Crippen LogP contribution in [0, 0.1) is 23.2 Å². The van der Waals surface area contributed by atoms with Gasteiger partial charge in [0.25, 0.3) is 0 Å². The highest BCUT2D eigenvalue weighted by Gasteiger charge is 2.22. The summed E-state index contributed by atoms with van der Waals surface area (Å²) >= 11 is 0. The molecule has 0 spiro atoms. The molecule has 1 fully saturated rings. The van der Waals surface area contributed by atoms with Crippen molar-refractivity contribution in [2.45, 2.75) is 39.0 Å². The van der Waals surface area contributed by atoms with Crippen molar-refractivity contribution in [1.82, 2.24) is 0 Å². The minimum absolute atomic E-state index is 0.374. The van der Waals surface area contributed by atoms with Crippen LogP contribution >= 0.6 is 0 Å². The fourth-order valence-electron chi connectivity index (χ4n) is 1.87. The van der Waals surface area contributed by atoms with Crippen molar-refractivity contribution in [3.63, 3.8) is 0 Å². The van der Waals surface area contributed by atoms with Crippen LogP contribution in [0.5, 0.6) is 0 Å². The number of nitriles is 1. The zero-order chi connectivity index (χ0) is 7.40. The highest BCUT2D eigenvalue weighted by molar-refractivity contribution is 4.89. The van der Waals surface area contributed by atoms with E-state index < -0.39 is 0 Å². The van der Waals surface area contributed by atoms with Gasteiger partial charge in [-0.2, -0.15) is 5.26 Å². The van der Waals surface area contributed by atoms with Gasteiger partial charge in [0.15, 0.2) is 0 Å². The van der Waals surface area contributed by atoms with Crippen LogP contribution in [0.15, 0.2) is 0 Å². The largest absolute Gasteiger partial charge is 0.198 e. The Balaban J connectivity index is 2.44. The quantitative estimate of drug-likeness (QED) is 0.545. The lowest BCUT2D eigenvalue weighted by atomic mass is 9.79. The molecule has 0 bridgehead atoms. The molecule has 0 aromatic heterocycles. The molecule has 1 rings (SSSR count). The van der Waals surface area contributed by atoms with E-state index in [0.717, 1.165) is 6.42 Å². The Morgan fingerprint density at radius 2 is 2.10 bits per heavy atom. The van der Waals surface area contributed by atoms with Crippen LogP contribution in [0.2, 0.25) is 0 Å². The highest BCUT2D eigenvalue weighted by atomic mass is 14.3. The van der Waals surface area contributed by atoms with Crippen LogP contribution in [-0.2, 0) is 0 Å². The molecule has 0 aliphatic heterocycles. The van der Waals surface area contributed by atoms with Gasteiger partial charge in [-0.15, -0.1) is 0 Å². The second kappa shape index (κ2) is 3.61. The molecule has 10 heavy (non-hydrogen) atoms.